The average molecular weight is 419 g/mol. The molecule has 1 aliphatic rings. The number of carbonyl (C=O) groups is 1. The Bertz CT molecular complexity index is 490. The molecule has 0 aliphatic carbocycles. The third-order valence-electron chi connectivity index (χ3n) is 3.65. The van der Waals surface area contributed by atoms with Crippen molar-refractivity contribution in [3.63, 3.8) is 0 Å². The molecule has 1 amide bonds. The molecule has 0 radical (unpaired) electrons. The highest BCUT2D eigenvalue weighted by atomic mass is 79.9. The van der Waals surface area contributed by atoms with Crippen molar-refractivity contribution < 1.29 is 4.79 Å². The van der Waals surface area contributed by atoms with Crippen molar-refractivity contribution in [2.45, 2.75) is 12.8 Å². The van der Waals surface area contributed by atoms with E-state index in [9.17, 15) is 4.79 Å². The Hall–Kier alpha value is -0.430. The highest BCUT2D eigenvalue weighted by Crippen LogP contribution is 2.26. The molecule has 1 fully saturated rings. The summed E-state index contributed by atoms with van der Waals surface area (Å²) in [6, 6.07) is 5.73. The zero-order valence-electron chi connectivity index (χ0n) is 12.2. The summed E-state index contributed by atoms with van der Waals surface area (Å²) in [5.74, 6) is 0.720. The van der Waals surface area contributed by atoms with Gasteiger partial charge in [0.25, 0.3) is 0 Å². The standard InChI is InChI=1S/C15H21Br2N3O/c1-20(9-11-4-6-18-7-5-11)10-15(21)19-14-3-2-12(16)8-13(14)17/h2-3,8,11,18H,4-7,9-10H2,1H3,(H,19,21). The van der Waals surface area contributed by atoms with Gasteiger partial charge in [-0.25, -0.2) is 0 Å². The number of halogens is 2. The number of carbonyl (C=O) groups excluding carboxylic acids is 1. The molecule has 21 heavy (non-hydrogen) atoms. The second kappa shape index (κ2) is 8.27. The second-order valence-corrected chi connectivity index (χ2v) is 7.33. The van der Waals surface area contributed by atoms with Gasteiger partial charge in [0.1, 0.15) is 0 Å². The minimum atomic E-state index is 0.0226. The number of rotatable bonds is 5. The number of nitrogens with one attached hydrogen (secondary N) is 2. The van der Waals surface area contributed by atoms with E-state index in [1.165, 1.54) is 12.8 Å². The summed E-state index contributed by atoms with van der Waals surface area (Å²) in [5, 5.41) is 6.31. The minimum absolute atomic E-state index is 0.0226. The number of hydrogen-bond acceptors (Lipinski definition) is 3. The highest BCUT2D eigenvalue weighted by Gasteiger charge is 2.16. The number of anilines is 1. The van der Waals surface area contributed by atoms with Gasteiger partial charge in [-0.1, -0.05) is 15.9 Å². The molecule has 0 unspecified atom stereocenters. The quantitative estimate of drug-likeness (QED) is 0.772. The smallest absolute Gasteiger partial charge is 0.238 e. The Balaban J connectivity index is 1.80. The van der Waals surface area contributed by atoms with Crippen LogP contribution in [0.4, 0.5) is 5.69 Å². The lowest BCUT2D eigenvalue weighted by atomic mass is 9.98. The van der Waals surface area contributed by atoms with Gasteiger partial charge in [0.2, 0.25) is 5.91 Å². The van der Waals surface area contributed by atoms with Crippen LogP contribution in [0.1, 0.15) is 12.8 Å². The van der Waals surface area contributed by atoms with Crippen LogP contribution in [-0.2, 0) is 4.79 Å². The van der Waals surface area contributed by atoms with Gasteiger partial charge < -0.3 is 10.6 Å². The predicted octanol–water partition coefficient (Wildman–Crippen LogP) is 3.08. The van der Waals surface area contributed by atoms with Crippen LogP contribution in [0.2, 0.25) is 0 Å². The fourth-order valence-corrected chi connectivity index (χ4v) is 3.74. The van der Waals surface area contributed by atoms with E-state index in [0.29, 0.717) is 12.5 Å². The summed E-state index contributed by atoms with van der Waals surface area (Å²) in [4.78, 5) is 14.2. The summed E-state index contributed by atoms with van der Waals surface area (Å²) in [5.41, 5.74) is 0.804. The molecule has 1 aromatic rings. The molecule has 116 valence electrons. The lowest BCUT2D eigenvalue weighted by Gasteiger charge is -2.27. The Kier molecular flexibility index (Phi) is 6.67. The summed E-state index contributed by atoms with van der Waals surface area (Å²) in [6.07, 6.45) is 2.40. The molecule has 2 rings (SSSR count). The minimum Gasteiger partial charge on any atom is -0.324 e. The Morgan fingerprint density at radius 1 is 1.38 bits per heavy atom. The lowest BCUT2D eigenvalue weighted by molar-refractivity contribution is -0.117. The second-order valence-electron chi connectivity index (χ2n) is 5.56. The number of hydrogen-bond donors (Lipinski definition) is 2. The number of amides is 1. The molecule has 1 aliphatic heterocycles. The highest BCUT2D eigenvalue weighted by molar-refractivity contribution is 9.11. The molecular formula is C15H21Br2N3O. The van der Waals surface area contributed by atoms with Crippen LogP contribution >= 0.6 is 31.9 Å². The fourth-order valence-electron chi connectivity index (χ4n) is 2.60. The van der Waals surface area contributed by atoms with Gasteiger partial charge in [-0.15, -0.1) is 0 Å². The normalized spacial score (nSPS) is 16.2. The molecule has 1 heterocycles. The number of likely N-dealkylation sites (N-methyl/N-ethyl adjacent to an activating group) is 1. The van der Waals surface area contributed by atoms with Gasteiger partial charge in [-0.05, 0) is 73.0 Å². The van der Waals surface area contributed by atoms with Crippen molar-refractivity contribution in [1.82, 2.24) is 10.2 Å². The Labute approximate surface area is 142 Å². The third kappa shape index (κ3) is 5.70. The summed E-state index contributed by atoms with van der Waals surface area (Å²) in [7, 11) is 2.01. The molecule has 0 aromatic heterocycles. The van der Waals surface area contributed by atoms with Crippen molar-refractivity contribution >= 4 is 43.5 Å². The van der Waals surface area contributed by atoms with Crippen molar-refractivity contribution in [3.8, 4) is 0 Å². The summed E-state index contributed by atoms with van der Waals surface area (Å²) >= 11 is 6.86. The monoisotopic (exact) mass is 417 g/mol. The van der Waals surface area contributed by atoms with Crippen molar-refractivity contribution in [2.75, 3.05) is 38.5 Å². The number of benzene rings is 1. The Morgan fingerprint density at radius 2 is 2.10 bits per heavy atom. The molecular weight excluding hydrogens is 398 g/mol. The van der Waals surface area contributed by atoms with Gasteiger partial charge in [0.05, 0.1) is 12.2 Å². The molecule has 4 nitrogen and oxygen atoms in total. The lowest BCUT2D eigenvalue weighted by Crippen LogP contribution is -2.37. The van der Waals surface area contributed by atoms with Crippen LogP contribution in [0.15, 0.2) is 27.1 Å². The van der Waals surface area contributed by atoms with E-state index >= 15 is 0 Å². The predicted molar refractivity (Wildman–Crippen MR) is 93.6 cm³/mol. The topological polar surface area (TPSA) is 44.4 Å². The maximum atomic E-state index is 12.1. The molecule has 1 saturated heterocycles. The van der Waals surface area contributed by atoms with E-state index in [1.54, 1.807) is 0 Å². The van der Waals surface area contributed by atoms with Crippen LogP contribution in [0, 0.1) is 5.92 Å². The van der Waals surface area contributed by atoms with E-state index in [1.807, 2.05) is 25.2 Å². The molecule has 0 atom stereocenters. The zero-order chi connectivity index (χ0) is 15.2. The van der Waals surface area contributed by atoms with E-state index in [4.69, 9.17) is 0 Å². The largest absolute Gasteiger partial charge is 0.324 e. The number of piperidine rings is 1. The molecule has 0 spiro atoms. The fraction of sp³-hybridized carbons (Fsp3) is 0.533. The van der Waals surface area contributed by atoms with Crippen LogP contribution < -0.4 is 10.6 Å². The van der Waals surface area contributed by atoms with Crippen LogP contribution in [0.5, 0.6) is 0 Å². The van der Waals surface area contributed by atoms with Gasteiger partial charge in [0.15, 0.2) is 0 Å². The molecule has 0 bridgehead atoms. The van der Waals surface area contributed by atoms with Crippen molar-refractivity contribution in [3.05, 3.63) is 27.1 Å². The summed E-state index contributed by atoms with van der Waals surface area (Å²) in [6.45, 7) is 3.59. The van der Waals surface area contributed by atoms with E-state index in [0.717, 1.165) is 34.3 Å². The van der Waals surface area contributed by atoms with Crippen molar-refractivity contribution in [2.24, 2.45) is 5.92 Å². The van der Waals surface area contributed by atoms with Gasteiger partial charge in [-0.2, -0.15) is 0 Å². The molecule has 6 heteroatoms. The first-order valence-corrected chi connectivity index (χ1v) is 8.77. The van der Waals surface area contributed by atoms with E-state index in [-0.39, 0.29) is 5.91 Å². The van der Waals surface area contributed by atoms with Crippen LogP contribution in [-0.4, -0.2) is 44.0 Å². The SMILES string of the molecule is CN(CC(=O)Nc1ccc(Br)cc1Br)CC1CCNCC1. The first kappa shape index (κ1) is 16.9. The van der Waals surface area contributed by atoms with Crippen LogP contribution in [0.3, 0.4) is 0 Å². The number of nitrogens with zero attached hydrogens (tertiary/aromatic N) is 1. The molecule has 0 saturated carbocycles. The molecule has 2 N–H and O–H groups in total. The van der Waals surface area contributed by atoms with E-state index in [2.05, 4.69) is 47.4 Å². The Morgan fingerprint density at radius 3 is 2.76 bits per heavy atom. The van der Waals surface area contributed by atoms with Gasteiger partial charge >= 0.3 is 0 Å². The van der Waals surface area contributed by atoms with Gasteiger partial charge in [-0.3, -0.25) is 9.69 Å². The first-order chi connectivity index (χ1) is 10.0. The van der Waals surface area contributed by atoms with Crippen LogP contribution in [0.25, 0.3) is 0 Å². The van der Waals surface area contributed by atoms with Gasteiger partial charge in [0, 0.05) is 15.5 Å². The zero-order valence-corrected chi connectivity index (χ0v) is 15.3. The summed E-state index contributed by atoms with van der Waals surface area (Å²) < 4.78 is 1.86. The maximum Gasteiger partial charge on any atom is 0.238 e. The average Bonchev–Trinajstić information content (AvgIpc) is 2.43. The molecule has 1 aromatic carbocycles. The first-order valence-electron chi connectivity index (χ1n) is 7.19. The third-order valence-corrected chi connectivity index (χ3v) is 4.80. The van der Waals surface area contributed by atoms with Crippen molar-refractivity contribution in [1.29, 1.82) is 0 Å². The van der Waals surface area contributed by atoms with E-state index < -0.39 is 0 Å². The maximum absolute atomic E-state index is 12.1.